The Bertz CT molecular complexity index is 1050. The number of amides is 1. The predicted octanol–water partition coefficient (Wildman–Crippen LogP) is 4.18. The smallest absolute Gasteiger partial charge is 0.322 e. The number of nitrogens with zero attached hydrogens (tertiary/aromatic N) is 3. The van der Waals surface area contributed by atoms with Crippen molar-refractivity contribution < 1.29 is 13.9 Å². The van der Waals surface area contributed by atoms with Crippen molar-refractivity contribution in [2.45, 2.75) is 0 Å². The molecule has 0 spiro atoms. The maximum Gasteiger partial charge on any atom is 0.322 e. The molecule has 7 nitrogen and oxygen atoms in total. The second-order valence-electron chi connectivity index (χ2n) is 5.52. The number of benzene rings is 2. The molecule has 2 aromatic heterocycles. The summed E-state index contributed by atoms with van der Waals surface area (Å²) in [7, 11) is 0. The van der Waals surface area contributed by atoms with Gasteiger partial charge in [-0.15, -0.1) is 5.10 Å². The van der Waals surface area contributed by atoms with Crippen molar-refractivity contribution >= 4 is 11.9 Å². The van der Waals surface area contributed by atoms with Gasteiger partial charge in [0.15, 0.2) is 0 Å². The Labute approximate surface area is 154 Å². The molecular weight excluding hydrogens is 344 g/mol. The van der Waals surface area contributed by atoms with Crippen molar-refractivity contribution in [2.75, 3.05) is 5.32 Å². The molecule has 1 amide bonds. The second-order valence-corrected chi connectivity index (χ2v) is 5.52. The SMILES string of the molecule is O=C(Nc1nnc(-c2ccccn2)o1)c1cccc(Oc2ccccc2)c1. The van der Waals surface area contributed by atoms with Gasteiger partial charge in [0.25, 0.3) is 11.8 Å². The Balaban J connectivity index is 1.47. The minimum Gasteiger partial charge on any atom is -0.457 e. The number of anilines is 1. The van der Waals surface area contributed by atoms with Crippen LogP contribution in [-0.2, 0) is 0 Å². The Morgan fingerprint density at radius 2 is 1.70 bits per heavy atom. The minimum atomic E-state index is -0.385. The van der Waals surface area contributed by atoms with E-state index in [9.17, 15) is 4.79 Å². The van der Waals surface area contributed by atoms with Gasteiger partial charge in [-0.1, -0.05) is 35.4 Å². The summed E-state index contributed by atoms with van der Waals surface area (Å²) in [5.74, 6) is 1.08. The van der Waals surface area contributed by atoms with Crippen molar-refractivity contribution in [3.05, 3.63) is 84.6 Å². The van der Waals surface area contributed by atoms with Crippen LogP contribution in [0.3, 0.4) is 0 Å². The van der Waals surface area contributed by atoms with Crippen LogP contribution in [0.1, 0.15) is 10.4 Å². The van der Waals surface area contributed by atoms with Crippen molar-refractivity contribution in [1.29, 1.82) is 0 Å². The molecule has 132 valence electrons. The van der Waals surface area contributed by atoms with Gasteiger partial charge in [-0.3, -0.25) is 15.1 Å². The van der Waals surface area contributed by atoms with Gasteiger partial charge in [0, 0.05) is 11.8 Å². The molecule has 0 bridgehead atoms. The average Bonchev–Trinajstić information content (AvgIpc) is 3.18. The summed E-state index contributed by atoms with van der Waals surface area (Å²) >= 11 is 0. The third-order valence-corrected chi connectivity index (χ3v) is 3.60. The van der Waals surface area contributed by atoms with Gasteiger partial charge >= 0.3 is 6.01 Å². The van der Waals surface area contributed by atoms with Crippen LogP contribution in [0.25, 0.3) is 11.6 Å². The average molecular weight is 358 g/mol. The van der Waals surface area contributed by atoms with Crippen LogP contribution < -0.4 is 10.1 Å². The Hall–Kier alpha value is -4.00. The molecule has 4 rings (SSSR count). The second kappa shape index (κ2) is 7.49. The van der Waals surface area contributed by atoms with Gasteiger partial charge in [0.05, 0.1) is 0 Å². The van der Waals surface area contributed by atoms with E-state index in [1.54, 1.807) is 42.6 Å². The van der Waals surface area contributed by atoms with E-state index in [-0.39, 0.29) is 17.8 Å². The van der Waals surface area contributed by atoms with E-state index in [4.69, 9.17) is 9.15 Å². The lowest BCUT2D eigenvalue weighted by molar-refractivity contribution is 0.102. The number of hydrogen-bond donors (Lipinski definition) is 1. The molecule has 0 atom stereocenters. The molecule has 0 radical (unpaired) electrons. The fraction of sp³-hybridized carbons (Fsp3) is 0. The van der Waals surface area contributed by atoms with Crippen LogP contribution in [0.2, 0.25) is 0 Å². The van der Waals surface area contributed by atoms with Crippen molar-refractivity contribution in [2.24, 2.45) is 0 Å². The van der Waals surface area contributed by atoms with Crippen molar-refractivity contribution in [3.8, 4) is 23.1 Å². The highest BCUT2D eigenvalue weighted by atomic mass is 16.5. The van der Waals surface area contributed by atoms with Gasteiger partial charge in [-0.2, -0.15) is 0 Å². The summed E-state index contributed by atoms with van der Waals surface area (Å²) < 4.78 is 11.2. The van der Waals surface area contributed by atoms with E-state index < -0.39 is 0 Å². The van der Waals surface area contributed by atoms with E-state index >= 15 is 0 Å². The lowest BCUT2D eigenvalue weighted by Gasteiger charge is -2.07. The quantitative estimate of drug-likeness (QED) is 0.576. The first-order valence-corrected chi connectivity index (χ1v) is 8.17. The zero-order valence-electron chi connectivity index (χ0n) is 14.1. The number of carbonyl (C=O) groups excluding carboxylic acids is 1. The number of pyridine rings is 1. The normalized spacial score (nSPS) is 10.4. The summed E-state index contributed by atoms with van der Waals surface area (Å²) in [6.07, 6.45) is 1.62. The Kier molecular flexibility index (Phi) is 4.57. The molecule has 0 aliphatic heterocycles. The zero-order valence-corrected chi connectivity index (χ0v) is 14.1. The summed E-state index contributed by atoms with van der Waals surface area (Å²) in [6, 6.07) is 21.5. The van der Waals surface area contributed by atoms with Gasteiger partial charge in [0.2, 0.25) is 0 Å². The van der Waals surface area contributed by atoms with Gasteiger partial charge in [-0.25, -0.2) is 0 Å². The molecule has 2 heterocycles. The maximum atomic E-state index is 12.5. The minimum absolute atomic E-state index is 0.00460. The van der Waals surface area contributed by atoms with Crippen LogP contribution >= 0.6 is 0 Å². The lowest BCUT2D eigenvalue weighted by atomic mass is 10.2. The van der Waals surface area contributed by atoms with E-state index in [1.165, 1.54) is 0 Å². The Morgan fingerprint density at radius 1 is 0.889 bits per heavy atom. The molecule has 0 aliphatic rings. The highest BCUT2D eigenvalue weighted by Crippen LogP contribution is 2.23. The first-order valence-electron chi connectivity index (χ1n) is 8.17. The van der Waals surface area contributed by atoms with Crippen LogP contribution in [0.5, 0.6) is 11.5 Å². The number of para-hydroxylation sites is 1. The summed E-state index contributed by atoms with van der Waals surface area (Å²) in [6.45, 7) is 0. The highest BCUT2D eigenvalue weighted by molar-refractivity contribution is 6.03. The first kappa shape index (κ1) is 16.5. The first-order chi connectivity index (χ1) is 13.3. The van der Waals surface area contributed by atoms with Crippen LogP contribution in [0, 0.1) is 0 Å². The largest absolute Gasteiger partial charge is 0.457 e. The molecule has 4 aromatic rings. The third kappa shape index (κ3) is 3.98. The molecule has 27 heavy (non-hydrogen) atoms. The Morgan fingerprint density at radius 3 is 2.52 bits per heavy atom. The molecule has 0 saturated carbocycles. The zero-order chi connectivity index (χ0) is 18.5. The van der Waals surface area contributed by atoms with Crippen LogP contribution in [0.4, 0.5) is 6.01 Å². The van der Waals surface area contributed by atoms with E-state index in [0.717, 1.165) is 0 Å². The standard InChI is InChI=1S/C20H14N4O3/c25-18(22-20-24-23-19(27-20)17-11-4-5-12-21-17)14-7-6-10-16(13-14)26-15-8-2-1-3-9-15/h1-13H,(H,22,24,25). The molecule has 2 aromatic carbocycles. The number of hydrogen-bond acceptors (Lipinski definition) is 6. The van der Waals surface area contributed by atoms with Gasteiger partial charge in [-0.05, 0) is 42.5 Å². The third-order valence-electron chi connectivity index (χ3n) is 3.60. The number of rotatable bonds is 5. The topological polar surface area (TPSA) is 90.1 Å². The number of aromatic nitrogens is 3. The molecule has 0 aliphatic carbocycles. The predicted molar refractivity (Wildman–Crippen MR) is 98.4 cm³/mol. The summed E-state index contributed by atoms with van der Waals surface area (Å²) in [4.78, 5) is 16.6. The number of carbonyl (C=O) groups is 1. The van der Waals surface area contributed by atoms with E-state index in [1.807, 2.05) is 36.4 Å². The van der Waals surface area contributed by atoms with E-state index in [2.05, 4.69) is 20.5 Å². The van der Waals surface area contributed by atoms with Gasteiger partial charge < -0.3 is 9.15 Å². The fourth-order valence-corrected chi connectivity index (χ4v) is 2.36. The number of nitrogens with one attached hydrogen (secondary N) is 1. The van der Waals surface area contributed by atoms with Crippen LogP contribution in [0.15, 0.2) is 83.4 Å². The summed E-state index contributed by atoms with van der Waals surface area (Å²) in [5.41, 5.74) is 0.935. The molecular formula is C20H14N4O3. The molecule has 1 N–H and O–H groups in total. The molecule has 0 saturated heterocycles. The van der Waals surface area contributed by atoms with Gasteiger partial charge in [0.1, 0.15) is 17.2 Å². The summed E-state index contributed by atoms with van der Waals surface area (Å²) in [5, 5.41) is 10.3. The fourth-order valence-electron chi connectivity index (χ4n) is 2.36. The van der Waals surface area contributed by atoms with E-state index in [0.29, 0.717) is 22.8 Å². The number of ether oxygens (including phenoxy) is 1. The molecule has 0 unspecified atom stereocenters. The maximum absolute atomic E-state index is 12.5. The molecule has 7 heteroatoms. The van der Waals surface area contributed by atoms with Crippen LogP contribution in [-0.4, -0.2) is 21.1 Å². The van der Waals surface area contributed by atoms with Crippen molar-refractivity contribution in [1.82, 2.24) is 15.2 Å². The van der Waals surface area contributed by atoms with Crippen molar-refractivity contribution in [3.63, 3.8) is 0 Å². The molecule has 0 fully saturated rings. The monoisotopic (exact) mass is 358 g/mol. The highest BCUT2D eigenvalue weighted by Gasteiger charge is 2.14. The lowest BCUT2D eigenvalue weighted by Crippen LogP contribution is -2.12.